The normalized spacial score (nSPS) is 12.2. The zero-order chi connectivity index (χ0) is 12.3. The van der Waals surface area contributed by atoms with Crippen LogP contribution in [0.15, 0.2) is 18.2 Å². The van der Waals surface area contributed by atoms with E-state index in [4.69, 9.17) is 10.8 Å². The van der Waals surface area contributed by atoms with E-state index in [1.807, 2.05) is 0 Å². The highest BCUT2D eigenvalue weighted by Gasteiger charge is 2.14. The van der Waals surface area contributed by atoms with Gasteiger partial charge in [-0.2, -0.15) is 0 Å². The monoisotopic (exact) mass is 225 g/mol. The van der Waals surface area contributed by atoms with Crippen molar-refractivity contribution in [3.63, 3.8) is 0 Å². The van der Waals surface area contributed by atoms with Crippen LogP contribution in [-0.2, 0) is 11.2 Å². The first-order chi connectivity index (χ1) is 7.41. The number of hydrogen-bond acceptors (Lipinski definition) is 3. The highest BCUT2D eigenvalue weighted by Crippen LogP contribution is 2.12. The molecule has 0 radical (unpaired) electrons. The summed E-state index contributed by atoms with van der Waals surface area (Å²) in [6, 6.07) is 2.91. The first kappa shape index (κ1) is 12.3. The summed E-state index contributed by atoms with van der Waals surface area (Å²) in [5, 5.41) is 8.58. The Bertz CT molecular complexity index is 431. The molecule has 0 fully saturated rings. The van der Waals surface area contributed by atoms with Crippen molar-refractivity contribution < 1.29 is 19.1 Å². The standard InChI is InChI=1S/C11H12FNO3/c1-6(14)8-3-2-7(4-9(8)12)5-10(13)11(15)16/h2-4,10H,5,13H2,1H3,(H,15,16)/t10-/m0/s1. The Labute approximate surface area is 91.9 Å². The van der Waals surface area contributed by atoms with Crippen molar-refractivity contribution in [2.45, 2.75) is 19.4 Å². The van der Waals surface area contributed by atoms with Gasteiger partial charge in [-0.3, -0.25) is 9.59 Å². The summed E-state index contributed by atoms with van der Waals surface area (Å²) in [7, 11) is 0. The number of carbonyl (C=O) groups is 2. The molecule has 0 aliphatic rings. The number of halogens is 1. The molecule has 16 heavy (non-hydrogen) atoms. The summed E-state index contributed by atoms with van der Waals surface area (Å²) < 4.78 is 13.3. The minimum Gasteiger partial charge on any atom is -0.480 e. The molecular formula is C11H12FNO3. The van der Waals surface area contributed by atoms with E-state index in [1.54, 1.807) is 0 Å². The molecular weight excluding hydrogens is 213 g/mol. The molecule has 1 atom stereocenters. The first-order valence-corrected chi connectivity index (χ1v) is 4.69. The van der Waals surface area contributed by atoms with Crippen molar-refractivity contribution >= 4 is 11.8 Å². The number of carbonyl (C=O) groups excluding carboxylic acids is 1. The molecule has 0 heterocycles. The van der Waals surface area contributed by atoms with Crippen LogP contribution >= 0.6 is 0 Å². The fourth-order valence-corrected chi connectivity index (χ4v) is 1.31. The van der Waals surface area contributed by atoms with Crippen molar-refractivity contribution in [1.82, 2.24) is 0 Å². The predicted octanol–water partition coefficient (Wildman–Crippen LogP) is 0.983. The fourth-order valence-electron chi connectivity index (χ4n) is 1.31. The van der Waals surface area contributed by atoms with Gasteiger partial charge in [0.15, 0.2) is 5.78 Å². The SMILES string of the molecule is CC(=O)c1ccc(C[C@H](N)C(=O)O)cc1F. The number of rotatable bonds is 4. The lowest BCUT2D eigenvalue weighted by Crippen LogP contribution is -2.32. The highest BCUT2D eigenvalue weighted by atomic mass is 19.1. The van der Waals surface area contributed by atoms with Crippen LogP contribution in [0.2, 0.25) is 0 Å². The molecule has 0 aromatic heterocycles. The zero-order valence-corrected chi connectivity index (χ0v) is 8.74. The van der Waals surface area contributed by atoms with Crippen LogP contribution in [0.3, 0.4) is 0 Å². The number of carboxylic acid groups (broad SMARTS) is 1. The van der Waals surface area contributed by atoms with Gasteiger partial charge in [-0.15, -0.1) is 0 Å². The Morgan fingerprint density at radius 1 is 1.50 bits per heavy atom. The van der Waals surface area contributed by atoms with Crippen LogP contribution in [0.4, 0.5) is 4.39 Å². The van der Waals surface area contributed by atoms with Crippen LogP contribution in [0, 0.1) is 5.82 Å². The van der Waals surface area contributed by atoms with E-state index in [0.29, 0.717) is 5.56 Å². The van der Waals surface area contributed by atoms with Gasteiger partial charge in [0.25, 0.3) is 0 Å². The molecule has 0 bridgehead atoms. The van der Waals surface area contributed by atoms with Crippen LogP contribution in [0.1, 0.15) is 22.8 Å². The minimum absolute atomic E-state index is 0.00681. The van der Waals surface area contributed by atoms with Crippen LogP contribution < -0.4 is 5.73 Å². The largest absolute Gasteiger partial charge is 0.480 e. The molecule has 1 aromatic carbocycles. The fraction of sp³-hybridized carbons (Fsp3) is 0.273. The molecule has 5 heteroatoms. The van der Waals surface area contributed by atoms with Crippen LogP contribution in [-0.4, -0.2) is 22.9 Å². The van der Waals surface area contributed by atoms with E-state index in [0.717, 1.165) is 6.07 Å². The predicted molar refractivity (Wildman–Crippen MR) is 55.7 cm³/mol. The number of carboxylic acids is 1. The second-order valence-corrected chi connectivity index (χ2v) is 3.52. The van der Waals surface area contributed by atoms with Crippen molar-refractivity contribution in [1.29, 1.82) is 0 Å². The van der Waals surface area contributed by atoms with Crippen molar-refractivity contribution in [2.75, 3.05) is 0 Å². The maximum absolute atomic E-state index is 13.3. The molecule has 1 rings (SSSR count). The quantitative estimate of drug-likeness (QED) is 0.748. The summed E-state index contributed by atoms with van der Waals surface area (Å²) in [6.07, 6.45) is 0.0322. The maximum Gasteiger partial charge on any atom is 0.320 e. The lowest BCUT2D eigenvalue weighted by atomic mass is 10.0. The lowest BCUT2D eigenvalue weighted by Gasteiger charge is -2.07. The highest BCUT2D eigenvalue weighted by molar-refractivity contribution is 5.94. The third kappa shape index (κ3) is 2.87. The van der Waals surface area contributed by atoms with Gasteiger partial charge in [0.1, 0.15) is 11.9 Å². The maximum atomic E-state index is 13.3. The van der Waals surface area contributed by atoms with Gasteiger partial charge in [0.05, 0.1) is 5.56 Å². The molecule has 0 unspecified atom stereocenters. The van der Waals surface area contributed by atoms with Crippen molar-refractivity contribution in [2.24, 2.45) is 5.73 Å². The minimum atomic E-state index is -1.14. The Morgan fingerprint density at radius 3 is 2.56 bits per heavy atom. The number of hydrogen-bond donors (Lipinski definition) is 2. The van der Waals surface area contributed by atoms with Gasteiger partial charge >= 0.3 is 5.97 Å². The average molecular weight is 225 g/mol. The third-order valence-corrected chi connectivity index (χ3v) is 2.19. The van der Waals surface area contributed by atoms with E-state index in [2.05, 4.69) is 0 Å². The molecule has 0 spiro atoms. The van der Waals surface area contributed by atoms with Gasteiger partial charge in [0.2, 0.25) is 0 Å². The van der Waals surface area contributed by atoms with E-state index in [-0.39, 0.29) is 17.8 Å². The molecule has 4 nitrogen and oxygen atoms in total. The van der Waals surface area contributed by atoms with Crippen LogP contribution in [0.25, 0.3) is 0 Å². The number of benzene rings is 1. The molecule has 0 amide bonds. The van der Waals surface area contributed by atoms with Crippen molar-refractivity contribution in [3.05, 3.63) is 35.1 Å². The topological polar surface area (TPSA) is 80.4 Å². The molecule has 1 aromatic rings. The van der Waals surface area contributed by atoms with Crippen molar-refractivity contribution in [3.8, 4) is 0 Å². The summed E-state index contributed by atoms with van der Waals surface area (Å²) in [5.74, 6) is -2.16. The summed E-state index contributed by atoms with van der Waals surface area (Å²) in [4.78, 5) is 21.4. The average Bonchev–Trinajstić information content (AvgIpc) is 2.16. The first-order valence-electron chi connectivity index (χ1n) is 4.69. The Kier molecular flexibility index (Phi) is 3.73. The van der Waals surface area contributed by atoms with E-state index < -0.39 is 17.8 Å². The zero-order valence-electron chi connectivity index (χ0n) is 8.74. The van der Waals surface area contributed by atoms with E-state index in [9.17, 15) is 14.0 Å². The Morgan fingerprint density at radius 2 is 2.12 bits per heavy atom. The van der Waals surface area contributed by atoms with Gasteiger partial charge in [0, 0.05) is 0 Å². The smallest absolute Gasteiger partial charge is 0.320 e. The molecule has 3 N–H and O–H groups in total. The second kappa shape index (κ2) is 4.85. The van der Waals surface area contributed by atoms with E-state index in [1.165, 1.54) is 19.1 Å². The number of Topliss-reactive ketones (excluding diaryl/α,β-unsaturated/α-hetero) is 1. The lowest BCUT2D eigenvalue weighted by molar-refractivity contribution is -0.138. The van der Waals surface area contributed by atoms with Gasteiger partial charge in [-0.05, 0) is 31.0 Å². The van der Waals surface area contributed by atoms with Gasteiger partial charge < -0.3 is 10.8 Å². The summed E-state index contributed by atoms with van der Waals surface area (Å²) in [6.45, 7) is 1.26. The Balaban J connectivity index is 2.89. The van der Waals surface area contributed by atoms with Gasteiger partial charge in [-0.1, -0.05) is 6.07 Å². The summed E-state index contributed by atoms with van der Waals surface area (Å²) >= 11 is 0. The number of aliphatic carboxylic acids is 1. The summed E-state index contributed by atoms with van der Waals surface area (Å²) in [5.41, 5.74) is 5.76. The second-order valence-electron chi connectivity index (χ2n) is 3.52. The third-order valence-electron chi connectivity index (χ3n) is 2.19. The molecule has 0 aliphatic heterocycles. The molecule has 0 saturated heterocycles. The van der Waals surface area contributed by atoms with Gasteiger partial charge in [-0.25, -0.2) is 4.39 Å². The van der Waals surface area contributed by atoms with Crippen LogP contribution in [0.5, 0.6) is 0 Å². The molecule has 0 saturated carbocycles. The molecule has 0 aliphatic carbocycles. The van der Waals surface area contributed by atoms with E-state index >= 15 is 0 Å². The molecule has 86 valence electrons. The number of ketones is 1. The number of nitrogens with two attached hydrogens (primary N) is 1. The Hall–Kier alpha value is -1.75.